The van der Waals surface area contributed by atoms with Crippen LogP contribution in [-0.4, -0.2) is 54.4 Å². The summed E-state index contributed by atoms with van der Waals surface area (Å²) in [5.74, 6) is -0.696. The van der Waals surface area contributed by atoms with Gasteiger partial charge in [0.2, 0.25) is 10.0 Å². The second-order valence-electron chi connectivity index (χ2n) is 9.53. The van der Waals surface area contributed by atoms with Crippen LogP contribution in [0.25, 0.3) is 16.8 Å². The predicted molar refractivity (Wildman–Crippen MR) is 148 cm³/mol. The number of carbonyl (C=O) groups excluding carboxylic acids is 1. The van der Waals surface area contributed by atoms with E-state index in [1.54, 1.807) is 18.3 Å². The van der Waals surface area contributed by atoms with Crippen molar-refractivity contribution < 1.29 is 27.7 Å². The number of hydrogen-bond acceptors (Lipinski definition) is 6. The number of carbonyl (C=O) groups is 1. The van der Waals surface area contributed by atoms with Crippen molar-refractivity contribution in [3.63, 3.8) is 0 Å². The van der Waals surface area contributed by atoms with E-state index in [9.17, 15) is 27.7 Å². The number of aromatic nitrogens is 2. The number of benzene rings is 2. The number of fused-ring (bicyclic) bond motifs is 1. The van der Waals surface area contributed by atoms with E-state index < -0.39 is 23.0 Å². The third-order valence-corrected chi connectivity index (χ3v) is 8.16. The molecule has 1 amide bonds. The lowest BCUT2D eigenvalue weighted by molar-refractivity contribution is 0.0965. The van der Waals surface area contributed by atoms with Gasteiger partial charge in [-0.3, -0.25) is 9.10 Å². The van der Waals surface area contributed by atoms with Crippen LogP contribution in [0.5, 0.6) is 0 Å². The van der Waals surface area contributed by atoms with E-state index in [2.05, 4.69) is 10.4 Å². The highest BCUT2D eigenvalue weighted by molar-refractivity contribution is 7.92. The van der Waals surface area contributed by atoms with E-state index in [0.717, 1.165) is 24.7 Å². The van der Waals surface area contributed by atoms with Gasteiger partial charge in [0, 0.05) is 23.1 Å². The molecule has 2 aromatic carbocycles. The first kappa shape index (κ1) is 27.1. The summed E-state index contributed by atoms with van der Waals surface area (Å²) in [7, 11) is -4.05. The number of hydrogen-bond donors (Lipinski definition) is 3. The maximum atomic E-state index is 13.6. The summed E-state index contributed by atoms with van der Waals surface area (Å²) in [6, 6.07) is 11.9. The van der Waals surface area contributed by atoms with Crippen molar-refractivity contribution in [2.45, 2.75) is 25.3 Å². The average Bonchev–Trinajstić information content (AvgIpc) is 3.66. The quantitative estimate of drug-likeness (QED) is 0.280. The van der Waals surface area contributed by atoms with Crippen LogP contribution < -0.4 is 15.1 Å². The predicted octanol–water partition coefficient (Wildman–Crippen LogP) is 2.68. The maximum Gasteiger partial charge on any atom is 0.489 e. The molecule has 2 heterocycles. The highest BCUT2D eigenvalue weighted by Crippen LogP contribution is 2.46. The van der Waals surface area contributed by atoms with Gasteiger partial charge in [0.1, 0.15) is 11.5 Å². The highest BCUT2D eigenvalue weighted by Gasteiger charge is 2.33. The molecule has 39 heavy (non-hydrogen) atoms. The molecule has 0 spiro atoms. The smallest absolute Gasteiger partial charge is 0.423 e. The maximum absolute atomic E-state index is 13.6. The number of anilines is 1. The van der Waals surface area contributed by atoms with Crippen LogP contribution in [0.3, 0.4) is 0 Å². The van der Waals surface area contributed by atoms with Crippen LogP contribution >= 0.6 is 11.6 Å². The first-order chi connectivity index (χ1) is 18.5. The van der Waals surface area contributed by atoms with Crippen molar-refractivity contribution in [3.05, 3.63) is 82.3 Å². The normalized spacial score (nSPS) is 13.5. The van der Waals surface area contributed by atoms with Gasteiger partial charge in [-0.2, -0.15) is 5.10 Å². The van der Waals surface area contributed by atoms with Gasteiger partial charge in [-0.25, -0.2) is 17.3 Å². The summed E-state index contributed by atoms with van der Waals surface area (Å²) in [5, 5.41) is 26.3. The fourth-order valence-corrected chi connectivity index (χ4v) is 5.80. The standard InChI is InChI=1S/C26H25BClFN4O5S/c1-30-26(34)24-22-12-19(16-4-5-16)23(14-32(22)31-25(24)17-6-8-18(29)9-7-17)33(39(2,37)38)13-15-3-10-20(27(35)36)21(28)11-15/h3,6-12,14,16,35-36H,4-5,13H2,1-2H3,(H,30,34). The van der Waals surface area contributed by atoms with Crippen molar-refractivity contribution in [3.8, 4) is 11.3 Å². The Kier molecular flexibility index (Phi) is 7.14. The molecule has 5 rings (SSSR count). The molecular formula is C26H25BClFN4O5S. The van der Waals surface area contributed by atoms with Gasteiger partial charge >= 0.3 is 7.12 Å². The zero-order chi connectivity index (χ0) is 28.1. The number of sulfonamides is 1. The largest absolute Gasteiger partial charge is 0.489 e. The second kappa shape index (κ2) is 10.3. The highest BCUT2D eigenvalue weighted by atomic mass is 35.5. The molecule has 0 aliphatic heterocycles. The zero-order valence-corrected chi connectivity index (χ0v) is 22.7. The Morgan fingerprint density at radius 1 is 1.21 bits per heavy atom. The number of rotatable bonds is 8. The summed E-state index contributed by atoms with van der Waals surface area (Å²) in [6.07, 6.45) is 4.43. The van der Waals surface area contributed by atoms with Gasteiger partial charge in [-0.05, 0) is 66.3 Å². The molecular weight excluding hydrogens is 546 g/mol. The van der Waals surface area contributed by atoms with Crippen LogP contribution in [0.2, 0.25) is 5.02 Å². The Hall–Kier alpha value is -3.45. The SMILES string of the molecule is CNC(=O)c1c(-c2ccc(F)cc2)nn2cc(N(Cc3ccc(B(O)O)c(Cl)c3)S(C)(=O)=O)c(C3CC3)cc12. The molecule has 0 unspecified atom stereocenters. The average molecular weight is 571 g/mol. The van der Waals surface area contributed by atoms with E-state index in [4.69, 9.17) is 11.6 Å². The molecule has 1 saturated carbocycles. The number of nitrogens with zero attached hydrogens (tertiary/aromatic N) is 3. The lowest BCUT2D eigenvalue weighted by atomic mass is 9.80. The lowest BCUT2D eigenvalue weighted by Crippen LogP contribution is -2.32. The summed E-state index contributed by atoms with van der Waals surface area (Å²) >= 11 is 6.21. The molecule has 2 aromatic heterocycles. The van der Waals surface area contributed by atoms with Crippen molar-refractivity contribution in [1.29, 1.82) is 0 Å². The van der Waals surface area contributed by atoms with Crippen LogP contribution in [0.1, 0.15) is 40.2 Å². The number of amides is 1. The first-order valence-electron chi connectivity index (χ1n) is 12.1. The van der Waals surface area contributed by atoms with Crippen LogP contribution in [0.15, 0.2) is 54.7 Å². The van der Waals surface area contributed by atoms with Gasteiger partial charge in [-0.1, -0.05) is 23.7 Å². The molecule has 0 saturated heterocycles. The number of halogens is 2. The van der Waals surface area contributed by atoms with Gasteiger partial charge in [0.15, 0.2) is 0 Å². The molecule has 4 aromatic rings. The Morgan fingerprint density at radius 3 is 2.46 bits per heavy atom. The van der Waals surface area contributed by atoms with Crippen molar-refractivity contribution >= 4 is 51.3 Å². The summed E-state index contributed by atoms with van der Waals surface area (Å²) in [5.41, 5.74) is 3.49. The molecule has 1 aliphatic carbocycles. The Morgan fingerprint density at radius 2 is 1.90 bits per heavy atom. The van der Waals surface area contributed by atoms with E-state index in [1.165, 1.54) is 52.3 Å². The van der Waals surface area contributed by atoms with E-state index in [0.29, 0.717) is 33.6 Å². The summed E-state index contributed by atoms with van der Waals surface area (Å²) in [6.45, 7) is -0.0695. The molecule has 0 atom stereocenters. The van der Waals surface area contributed by atoms with Crippen molar-refractivity contribution in [2.24, 2.45) is 0 Å². The zero-order valence-electron chi connectivity index (χ0n) is 21.1. The Balaban J connectivity index is 1.69. The molecule has 1 aliphatic rings. The Bertz CT molecular complexity index is 1690. The molecule has 13 heteroatoms. The fraction of sp³-hybridized carbons (Fsp3) is 0.231. The van der Waals surface area contributed by atoms with E-state index >= 15 is 0 Å². The third-order valence-electron chi connectivity index (χ3n) is 6.71. The van der Waals surface area contributed by atoms with Gasteiger partial charge in [0.05, 0.1) is 35.8 Å². The minimum absolute atomic E-state index is 0.0695. The molecule has 202 valence electrons. The number of nitrogens with one attached hydrogen (secondary N) is 1. The third kappa shape index (κ3) is 5.37. The van der Waals surface area contributed by atoms with Gasteiger partial charge in [-0.15, -0.1) is 0 Å². The summed E-state index contributed by atoms with van der Waals surface area (Å²) in [4.78, 5) is 13.0. The molecule has 9 nitrogen and oxygen atoms in total. The summed E-state index contributed by atoms with van der Waals surface area (Å²) < 4.78 is 42.5. The van der Waals surface area contributed by atoms with Crippen molar-refractivity contribution in [1.82, 2.24) is 14.9 Å². The van der Waals surface area contributed by atoms with Crippen LogP contribution in [-0.2, 0) is 16.6 Å². The van der Waals surface area contributed by atoms with Gasteiger partial charge < -0.3 is 15.4 Å². The second-order valence-corrected chi connectivity index (χ2v) is 11.8. The molecule has 0 radical (unpaired) electrons. The fourth-order valence-electron chi connectivity index (χ4n) is 4.61. The minimum atomic E-state index is -3.80. The molecule has 3 N–H and O–H groups in total. The van der Waals surface area contributed by atoms with Crippen LogP contribution in [0.4, 0.5) is 10.1 Å². The molecule has 1 fully saturated rings. The Labute approximate surface area is 230 Å². The van der Waals surface area contributed by atoms with Gasteiger partial charge in [0.25, 0.3) is 5.91 Å². The molecule has 0 bridgehead atoms. The minimum Gasteiger partial charge on any atom is -0.423 e. The monoisotopic (exact) mass is 570 g/mol. The van der Waals surface area contributed by atoms with E-state index in [1.807, 2.05) is 0 Å². The van der Waals surface area contributed by atoms with Crippen LogP contribution in [0, 0.1) is 5.82 Å². The lowest BCUT2D eigenvalue weighted by Gasteiger charge is -2.25. The first-order valence-corrected chi connectivity index (χ1v) is 14.4. The van der Waals surface area contributed by atoms with Crippen molar-refractivity contribution in [2.75, 3.05) is 17.6 Å². The van der Waals surface area contributed by atoms with E-state index in [-0.39, 0.29) is 28.9 Å². The number of pyridine rings is 1. The topological polar surface area (TPSA) is 124 Å².